The van der Waals surface area contributed by atoms with Crippen LogP contribution in [0.5, 0.6) is 0 Å². The van der Waals surface area contributed by atoms with Crippen molar-refractivity contribution >= 4 is 33.2 Å². The Bertz CT molecular complexity index is 575. The summed E-state index contributed by atoms with van der Waals surface area (Å²) in [6, 6.07) is 7.04. The molecule has 7 heteroatoms. The van der Waals surface area contributed by atoms with E-state index in [0.29, 0.717) is 31.0 Å². The Morgan fingerprint density at radius 3 is 2.67 bits per heavy atom. The maximum atomic E-state index is 11.9. The zero-order valence-electron chi connectivity index (χ0n) is 12.3. The van der Waals surface area contributed by atoms with E-state index in [9.17, 15) is 13.2 Å². The Morgan fingerprint density at radius 2 is 2.05 bits per heavy atom. The molecule has 0 atom stereocenters. The Morgan fingerprint density at radius 1 is 1.33 bits per heavy atom. The van der Waals surface area contributed by atoms with Gasteiger partial charge >= 0.3 is 0 Å². The van der Waals surface area contributed by atoms with Crippen LogP contribution >= 0.6 is 11.6 Å². The van der Waals surface area contributed by atoms with Crippen molar-refractivity contribution in [2.75, 3.05) is 23.4 Å². The van der Waals surface area contributed by atoms with Crippen molar-refractivity contribution in [3.8, 4) is 0 Å². The molecule has 1 aromatic carbocycles. The smallest absolute Gasteiger partial charge is 0.232 e. The minimum Gasteiger partial charge on any atom is -0.342 e. The van der Waals surface area contributed by atoms with E-state index in [2.05, 4.69) is 4.72 Å². The number of carbonyl (C=O) groups excluding carboxylic acids is 1. The molecule has 1 rings (SSSR count). The third-order valence-corrected chi connectivity index (χ3v) is 4.59. The first kappa shape index (κ1) is 17.8. The average Bonchev–Trinajstić information content (AvgIpc) is 2.38. The van der Waals surface area contributed by atoms with Crippen LogP contribution in [0, 0.1) is 0 Å². The minimum atomic E-state index is -3.36. The number of rotatable bonds is 8. The van der Waals surface area contributed by atoms with Crippen LogP contribution in [0.1, 0.15) is 25.3 Å². The fourth-order valence-electron chi connectivity index (χ4n) is 1.74. The van der Waals surface area contributed by atoms with Crippen LogP contribution < -0.4 is 4.72 Å². The maximum absolute atomic E-state index is 11.9. The molecule has 21 heavy (non-hydrogen) atoms. The lowest BCUT2D eigenvalue weighted by Crippen LogP contribution is -2.23. The quantitative estimate of drug-likeness (QED) is 0.587. The molecule has 0 aliphatic heterocycles. The van der Waals surface area contributed by atoms with E-state index in [-0.39, 0.29) is 11.7 Å². The largest absolute Gasteiger partial charge is 0.342 e. The topological polar surface area (TPSA) is 66.5 Å². The summed E-state index contributed by atoms with van der Waals surface area (Å²) in [6.45, 7) is 1.93. The summed E-state index contributed by atoms with van der Waals surface area (Å²) >= 11 is 5.54. The number of nitrogens with zero attached hydrogens (tertiary/aromatic N) is 1. The number of nitrogens with one attached hydrogen (secondary N) is 1. The molecule has 118 valence electrons. The van der Waals surface area contributed by atoms with E-state index < -0.39 is 10.0 Å². The zero-order valence-corrected chi connectivity index (χ0v) is 13.9. The predicted molar refractivity (Wildman–Crippen MR) is 86.0 cm³/mol. The second-order valence-electron chi connectivity index (χ2n) is 4.89. The van der Waals surface area contributed by atoms with Crippen molar-refractivity contribution in [3.05, 3.63) is 29.8 Å². The van der Waals surface area contributed by atoms with Gasteiger partial charge < -0.3 is 4.90 Å². The van der Waals surface area contributed by atoms with Gasteiger partial charge in [0.2, 0.25) is 15.9 Å². The molecule has 0 radical (unpaired) electrons. The highest BCUT2D eigenvalue weighted by molar-refractivity contribution is 7.92. The molecule has 0 aliphatic carbocycles. The van der Waals surface area contributed by atoms with E-state index in [1.54, 1.807) is 30.1 Å². The van der Waals surface area contributed by atoms with Crippen molar-refractivity contribution in [1.29, 1.82) is 0 Å². The van der Waals surface area contributed by atoms with Crippen molar-refractivity contribution in [2.24, 2.45) is 0 Å². The first-order valence-corrected chi connectivity index (χ1v) is 8.90. The standard InChI is InChI=1S/C14H21ClN2O3S/c1-12(18)17(2)11-13-6-5-7-14(10-13)16-21(19,20)9-4-3-8-15/h5-7,10,16H,3-4,8-9,11H2,1-2H3. The number of unbranched alkanes of at least 4 members (excludes halogenated alkanes) is 1. The summed E-state index contributed by atoms with van der Waals surface area (Å²) in [7, 11) is -1.66. The number of sulfonamides is 1. The van der Waals surface area contributed by atoms with Gasteiger partial charge in [-0.3, -0.25) is 9.52 Å². The first-order valence-electron chi connectivity index (χ1n) is 6.71. The van der Waals surface area contributed by atoms with E-state index >= 15 is 0 Å². The summed E-state index contributed by atoms with van der Waals surface area (Å²) in [5.74, 6) is 0.474. The number of halogens is 1. The fraction of sp³-hybridized carbons (Fsp3) is 0.500. The van der Waals surface area contributed by atoms with E-state index in [4.69, 9.17) is 11.6 Å². The van der Waals surface area contributed by atoms with Crippen LogP contribution in [0.25, 0.3) is 0 Å². The van der Waals surface area contributed by atoms with Crippen molar-refractivity contribution in [2.45, 2.75) is 26.3 Å². The number of hydrogen-bond acceptors (Lipinski definition) is 3. The number of amides is 1. The molecule has 0 spiro atoms. The van der Waals surface area contributed by atoms with Gasteiger partial charge in [-0.05, 0) is 30.5 Å². The molecule has 0 unspecified atom stereocenters. The third-order valence-electron chi connectivity index (χ3n) is 2.95. The Hall–Kier alpha value is -1.27. The normalized spacial score (nSPS) is 11.2. The van der Waals surface area contributed by atoms with Crippen molar-refractivity contribution in [1.82, 2.24) is 4.90 Å². The Balaban J connectivity index is 2.70. The molecule has 1 N–H and O–H groups in total. The molecule has 0 aliphatic rings. The molecule has 0 aromatic heterocycles. The van der Waals surface area contributed by atoms with Gasteiger partial charge in [-0.25, -0.2) is 8.42 Å². The van der Waals surface area contributed by atoms with Crippen LogP contribution in [0.15, 0.2) is 24.3 Å². The van der Waals surface area contributed by atoms with Gasteiger partial charge in [0.05, 0.1) is 5.75 Å². The van der Waals surface area contributed by atoms with E-state index in [0.717, 1.165) is 5.56 Å². The highest BCUT2D eigenvalue weighted by Crippen LogP contribution is 2.14. The number of anilines is 1. The van der Waals surface area contributed by atoms with Crippen LogP contribution in [0.2, 0.25) is 0 Å². The number of hydrogen-bond donors (Lipinski definition) is 1. The van der Waals surface area contributed by atoms with Gasteiger partial charge in [-0.2, -0.15) is 0 Å². The van der Waals surface area contributed by atoms with Crippen LogP contribution in [0.4, 0.5) is 5.69 Å². The lowest BCUT2D eigenvalue weighted by atomic mass is 10.2. The number of carbonyl (C=O) groups is 1. The van der Waals surface area contributed by atoms with Gasteiger partial charge in [-0.15, -0.1) is 11.6 Å². The Kier molecular flexibility index (Phi) is 6.98. The summed E-state index contributed by atoms with van der Waals surface area (Å²) < 4.78 is 26.3. The second-order valence-corrected chi connectivity index (χ2v) is 7.11. The summed E-state index contributed by atoms with van der Waals surface area (Å²) in [5, 5.41) is 0. The predicted octanol–water partition coefficient (Wildman–Crippen LogP) is 2.43. The van der Waals surface area contributed by atoms with Gasteiger partial charge in [-0.1, -0.05) is 12.1 Å². The van der Waals surface area contributed by atoms with Crippen LogP contribution in [-0.2, 0) is 21.4 Å². The lowest BCUT2D eigenvalue weighted by Gasteiger charge is -2.15. The number of alkyl halides is 1. The third kappa shape index (κ3) is 6.82. The SMILES string of the molecule is CC(=O)N(C)Cc1cccc(NS(=O)(=O)CCCCCl)c1. The average molecular weight is 333 g/mol. The number of benzene rings is 1. The molecular formula is C14H21ClN2O3S. The van der Waals surface area contributed by atoms with Gasteiger partial charge in [0.25, 0.3) is 0 Å². The van der Waals surface area contributed by atoms with E-state index in [1.165, 1.54) is 6.92 Å². The molecule has 0 saturated carbocycles. The van der Waals surface area contributed by atoms with Crippen LogP contribution in [-0.4, -0.2) is 37.9 Å². The molecule has 1 aromatic rings. The van der Waals surface area contributed by atoms with Crippen LogP contribution in [0.3, 0.4) is 0 Å². The highest BCUT2D eigenvalue weighted by Gasteiger charge is 2.11. The minimum absolute atomic E-state index is 0.0398. The fourth-order valence-corrected chi connectivity index (χ4v) is 3.10. The molecule has 1 amide bonds. The summed E-state index contributed by atoms with van der Waals surface area (Å²) in [5.41, 5.74) is 1.38. The molecule has 5 nitrogen and oxygen atoms in total. The first-order chi connectivity index (χ1) is 9.84. The molecule has 0 bridgehead atoms. The van der Waals surface area contributed by atoms with E-state index in [1.807, 2.05) is 6.07 Å². The summed E-state index contributed by atoms with van der Waals surface area (Å²) in [4.78, 5) is 12.8. The maximum Gasteiger partial charge on any atom is 0.232 e. The van der Waals surface area contributed by atoms with Gasteiger partial charge in [0, 0.05) is 32.1 Å². The molecule has 0 fully saturated rings. The highest BCUT2D eigenvalue weighted by atomic mass is 35.5. The zero-order chi connectivity index (χ0) is 15.9. The Labute approximate surface area is 131 Å². The van der Waals surface area contributed by atoms with Crippen molar-refractivity contribution < 1.29 is 13.2 Å². The van der Waals surface area contributed by atoms with Gasteiger partial charge in [0.1, 0.15) is 0 Å². The molecular weight excluding hydrogens is 312 g/mol. The molecule has 0 heterocycles. The second kappa shape index (κ2) is 8.24. The van der Waals surface area contributed by atoms with Crippen molar-refractivity contribution in [3.63, 3.8) is 0 Å². The molecule has 0 saturated heterocycles. The monoisotopic (exact) mass is 332 g/mol. The summed E-state index contributed by atoms with van der Waals surface area (Å²) in [6.07, 6.45) is 1.21. The lowest BCUT2D eigenvalue weighted by molar-refractivity contribution is -0.128. The van der Waals surface area contributed by atoms with Gasteiger partial charge in [0.15, 0.2) is 0 Å².